The Labute approximate surface area is 100 Å². The van der Waals surface area contributed by atoms with E-state index in [0.717, 1.165) is 0 Å². The Kier molecular flexibility index (Phi) is 5.34. The first-order valence-electron chi connectivity index (χ1n) is 5.35. The lowest BCUT2D eigenvalue weighted by Crippen LogP contribution is -2.31. The number of benzene rings is 1. The monoisotopic (exact) mass is 243 g/mol. The van der Waals surface area contributed by atoms with Crippen LogP contribution in [0.5, 0.6) is 0 Å². The SMILES string of the molecule is COCC(O)CN(C)c1cc(F)cc(CO)c1. The summed E-state index contributed by atoms with van der Waals surface area (Å²) < 4.78 is 18.1. The summed E-state index contributed by atoms with van der Waals surface area (Å²) >= 11 is 0. The van der Waals surface area contributed by atoms with E-state index in [2.05, 4.69) is 0 Å². The predicted octanol–water partition coefficient (Wildman–Crippen LogP) is 0.762. The highest BCUT2D eigenvalue weighted by Gasteiger charge is 2.10. The Morgan fingerprint density at radius 2 is 2.12 bits per heavy atom. The second-order valence-electron chi connectivity index (χ2n) is 3.97. The summed E-state index contributed by atoms with van der Waals surface area (Å²) in [6.07, 6.45) is -0.633. The third-order valence-electron chi connectivity index (χ3n) is 2.41. The van der Waals surface area contributed by atoms with Gasteiger partial charge < -0.3 is 19.8 Å². The number of hydrogen-bond donors (Lipinski definition) is 2. The molecule has 0 aliphatic rings. The van der Waals surface area contributed by atoms with Gasteiger partial charge in [0, 0.05) is 26.4 Å². The molecule has 0 saturated heterocycles. The van der Waals surface area contributed by atoms with Crippen molar-refractivity contribution in [2.45, 2.75) is 12.7 Å². The van der Waals surface area contributed by atoms with Gasteiger partial charge in [-0.15, -0.1) is 0 Å². The summed E-state index contributed by atoms with van der Waals surface area (Å²) in [5.41, 5.74) is 1.12. The second-order valence-corrected chi connectivity index (χ2v) is 3.97. The summed E-state index contributed by atoms with van der Waals surface area (Å²) in [5, 5.41) is 18.5. The highest BCUT2D eigenvalue weighted by atomic mass is 19.1. The third kappa shape index (κ3) is 4.30. The molecule has 0 aliphatic carbocycles. The van der Waals surface area contributed by atoms with Crippen molar-refractivity contribution in [3.8, 4) is 0 Å². The average Bonchev–Trinajstić information content (AvgIpc) is 2.28. The molecule has 1 unspecified atom stereocenters. The van der Waals surface area contributed by atoms with E-state index in [1.165, 1.54) is 19.2 Å². The largest absolute Gasteiger partial charge is 0.392 e. The average molecular weight is 243 g/mol. The fourth-order valence-electron chi connectivity index (χ4n) is 1.61. The van der Waals surface area contributed by atoms with Crippen molar-refractivity contribution in [2.24, 2.45) is 0 Å². The van der Waals surface area contributed by atoms with Crippen LogP contribution < -0.4 is 4.90 Å². The minimum Gasteiger partial charge on any atom is -0.392 e. The molecular formula is C12H18FNO3. The molecule has 5 heteroatoms. The van der Waals surface area contributed by atoms with Gasteiger partial charge in [0.15, 0.2) is 0 Å². The standard InChI is InChI=1S/C12H18FNO3/c1-14(6-12(16)8-17-2)11-4-9(7-15)3-10(13)5-11/h3-5,12,15-16H,6-8H2,1-2H3. The van der Waals surface area contributed by atoms with Crippen molar-refractivity contribution < 1.29 is 19.3 Å². The van der Waals surface area contributed by atoms with Crippen LogP contribution in [0.15, 0.2) is 18.2 Å². The number of methoxy groups -OCH3 is 1. The highest BCUT2D eigenvalue weighted by molar-refractivity contribution is 5.48. The molecule has 0 heterocycles. The number of halogens is 1. The van der Waals surface area contributed by atoms with E-state index >= 15 is 0 Å². The van der Waals surface area contributed by atoms with Gasteiger partial charge in [0.1, 0.15) is 5.82 Å². The molecule has 0 bridgehead atoms. The third-order valence-corrected chi connectivity index (χ3v) is 2.41. The molecule has 0 spiro atoms. The van der Waals surface area contributed by atoms with Gasteiger partial charge in [-0.2, -0.15) is 0 Å². The molecule has 0 fully saturated rings. The van der Waals surface area contributed by atoms with Crippen LogP contribution in [0.4, 0.5) is 10.1 Å². The van der Waals surface area contributed by atoms with Crippen molar-refractivity contribution in [2.75, 3.05) is 32.2 Å². The molecule has 4 nitrogen and oxygen atoms in total. The van der Waals surface area contributed by atoms with Gasteiger partial charge in [0.05, 0.1) is 19.3 Å². The molecule has 0 aromatic heterocycles. The van der Waals surface area contributed by atoms with Crippen LogP contribution in [-0.2, 0) is 11.3 Å². The summed E-state index contributed by atoms with van der Waals surface area (Å²) in [6.45, 7) is 0.355. The Bertz CT molecular complexity index is 360. The molecule has 0 saturated carbocycles. The molecule has 1 rings (SSSR count). The van der Waals surface area contributed by atoms with Crippen molar-refractivity contribution in [3.05, 3.63) is 29.6 Å². The zero-order chi connectivity index (χ0) is 12.8. The van der Waals surface area contributed by atoms with Gasteiger partial charge >= 0.3 is 0 Å². The van der Waals surface area contributed by atoms with Crippen LogP contribution in [0, 0.1) is 5.82 Å². The maximum absolute atomic E-state index is 13.2. The second kappa shape index (κ2) is 6.54. The Balaban J connectivity index is 2.74. The topological polar surface area (TPSA) is 52.9 Å². The van der Waals surface area contributed by atoms with Gasteiger partial charge in [-0.3, -0.25) is 0 Å². The number of likely N-dealkylation sites (N-methyl/N-ethyl adjacent to an activating group) is 1. The highest BCUT2D eigenvalue weighted by Crippen LogP contribution is 2.17. The molecule has 1 atom stereocenters. The summed E-state index contributed by atoms with van der Waals surface area (Å²) in [4.78, 5) is 1.71. The maximum Gasteiger partial charge on any atom is 0.125 e. The van der Waals surface area contributed by atoms with Gasteiger partial charge in [-0.1, -0.05) is 0 Å². The van der Waals surface area contributed by atoms with Crippen LogP contribution >= 0.6 is 0 Å². The molecule has 0 amide bonds. The van der Waals surface area contributed by atoms with E-state index in [1.807, 2.05) is 0 Å². The summed E-state index contributed by atoms with van der Waals surface area (Å²) in [5.74, 6) is -0.403. The van der Waals surface area contributed by atoms with E-state index in [9.17, 15) is 9.50 Å². The molecule has 1 aromatic rings. The minimum absolute atomic E-state index is 0.209. The first-order valence-corrected chi connectivity index (χ1v) is 5.35. The summed E-state index contributed by atoms with van der Waals surface area (Å²) in [7, 11) is 3.25. The number of nitrogens with zero attached hydrogens (tertiary/aromatic N) is 1. The Morgan fingerprint density at radius 1 is 1.41 bits per heavy atom. The predicted molar refractivity (Wildman–Crippen MR) is 63.5 cm³/mol. The normalized spacial score (nSPS) is 12.5. The van der Waals surface area contributed by atoms with E-state index in [-0.39, 0.29) is 13.2 Å². The Hall–Kier alpha value is -1.17. The van der Waals surface area contributed by atoms with Crippen molar-refractivity contribution in [1.82, 2.24) is 0 Å². The minimum atomic E-state index is -0.633. The number of rotatable bonds is 6. The zero-order valence-electron chi connectivity index (χ0n) is 10.1. The van der Waals surface area contributed by atoms with E-state index in [0.29, 0.717) is 17.8 Å². The first kappa shape index (κ1) is 13.9. The number of ether oxygens (including phenoxy) is 1. The van der Waals surface area contributed by atoms with Crippen molar-refractivity contribution in [1.29, 1.82) is 0 Å². The van der Waals surface area contributed by atoms with Crippen LogP contribution in [0.2, 0.25) is 0 Å². The smallest absolute Gasteiger partial charge is 0.125 e. The maximum atomic E-state index is 13.2. The van der Waals surface area contributed by atoms with Crippen LogP contribution in [0.25, 0.3) is 0 Å². The van der Waals surface area contributed by atoms with Crippen molar-refractivity contribution in [3.63, 3.8) is 0 Å². The van der Waals surface area contributed by atoms with E-state index < -0.39 is 11.9 Å². The molecule has 1 aromatic carbocycles. The van der Waals surface area contributed by atoms with Crippen LogP contribution in [0.1, 0.15) is 5.56 Å². The quantitative estimate of drug-likeness (QED) is 0.774. The van der Waals surface area contributed by atoms with Gasteiger partial charge in [0.2, 0.25) is 0 Å². The van der Waals surface area contributed by atoms with Crippen LogP contribution in [-0.4, -0.2) is 43.6 Å². The molecule has 2 N–H and O–H groups in total. The Morgan fingerprint density at radius 3 is 2.71 bits per heavy atom. The number of aliphatic hydroxyl groups is 2. The molecular weight excluding hydrogens is 225 g/mol. The fourth-order valence-corrected chi connectivity index (χ4v) is 1.61. The van der Waals surface area contributed by atoms with E-state index in [1.54, 1.807) is 18.0 Å². The number of aliphatic hydroxyl groups excluding tert-OH is 2. The molecule has 17 heavy (non-hydrogen) atoms. The number of anilines is 1. The lowest BCUT2D eigenvalue weighted by Gasteiger charge is -2.23. The lowest BCUT2D eigenvalue weighted by molar-refractivity contribution is 0.0695. The summed E-state index contributed by atoms with van der Waals surface area (Å²) in [6, 6.07) is 4.32. The first-order chi connectivity index (χ1) is 8.06. The fraction of sp³-hybridized carbons (Fsp3) is 0.500. The van der Waals surface area contributed by atoms with Gasteiger partial charge in [-0.05, 0) is 23.8 Å². The van der Waals surface area contributed by atoms with Gasteiger partial charge in [0.25, 0.3) is 0 Å². The van der Waals surface area contributed by atoms with Crippen LogP contribution in [0.3, 0.4) is 0 Å². The molecule has 96 valence electrons. The molecule has 0 aliphatic heterocycles. The molecule has 0 radical (unpaired) electrons. The zero-order valence-corrected chi connectivity index (χ0v) is 10.1. The number of hydrogen-bond acceptors (Lipinski definition) is 4. The van der Waals surface area contributed by atoms with Gasteiger partial charge in [-0.25, -0.2) is 4.39 Å². The van der Waals surface area contributed by atoms with Crippen molar-refractivity contribution >= 4 is 5.69 Å². The lowest BCUT2D eigenvalue weighted by atomic mass is 10.2. The van der Waals surface area contributed by atoms with E-state index in [4.69, 9.17) is 9.84 Å².